The Morgan fingerprint density at radius 1 is 1.44 bits per heavy atom. The standard InChI is InChI=1S/C14H18N2O2/c1-9-6-7-17-14(9)10(15)8-13-16-11-4-2-3-5-12(11)18-13/h2-5,9-10,14H,6-8,15H2,1H3. The second-order valence-electron chi connectivity index (χ2n) is 5.04. The molecule has 0 saturated carbocycles. The number of oxazole rings is 1. The summed E-state index contributed by atoms with van der Waals surface area (Å²) < 4.78 is 11.4. The molecule has 0 radical (unpaired) electrons. The second kappa shape index (κ2) is 4.71. The van der Waals surface area contributed by atoms with E-state index < -0.39 is 0 Å². The van der Waals surface area contributed by atoms with Crippen molar-refractivity contribution in [2.24, 2.45) is 11.7 Å². The van der Waals surface area contributed by atoms with E-state index in [9.17, 15) is 0 Å². The molecule has 2 N–H and O–H groups in total. The molecule has 1 aliphatic rings. The van der Waals surface area contributed by atoms with E-state index in [2.05, 4.69) is 11.9 Å². The van der Waals surface area contributed by atoms with Gasteiger partial charge in [-0.1, -0.05) is 19.1 Å². The van der Waals surface area contributed by atoms with E-state index in [0.29, 0.717) is 18.2 Å². The average Bonchev–Trinajstić information content (AvgIpc) is 2.94. The van der Waals surface area contributed by atoms with Crippen LogP contribution in [-0.2, 0) is 11.2 Å². The Balaban J connectivity index is 1.75. The molecule has 0 aliphatic carbocycles. The molecule has 1 aromatic carbocycles. The maximum Gasteiger partial charge on any atom is 0.197 e. The van der Waals surface area contributed by atoms with Crippen LogP contribution < -0.4 is 5.73 Å². The van der Waals surface area contributed by atoms with E-state index in [1.165, 1.54) is 0 Å². The molecule has 3 rings (SSSR count). The fourth-order valence-corrected chi connectivity index (χ4v) is 2.59. The molecule has 3 atom stereocenters. The first kappa shape index (κ1) is 11.7. The Bertz CT molecular complexity index is 504. The van der Waals surface area contributed by atoms with Crippen molar-refractivity contribution >= 4 is 11.1 Å². The van der Waals surface area contributed by atoms with Crippen LogP contribution in [0.1, 0.15) is 19.2 Å². The third kappa shape index (κ3) is 2.13. The minimum Gasteiger partial charge on any atom is -0.441 e. The van der Waals surface area contributed by atoms with Gasteiger partial charge in [0.25, 0.3) is 0 Å². The largest absolute Gasteiger partial charge is 0.441 e. The Hall–Kier alpha value is -1.39. The molecule has 0 amide bonds. The molecule has 96 valence electrons. The van der Waals surface area contributed by atoms with Crippen molar-refractivity contribution in [1.29, 1.82) is 0 Å². The number of ether oxygens (including phenoxy) is 1. The Labute approximate surface area is 106 Å². The van der Waals surface area contributed by atoms with E-state index in [1.54, 1.807) is 0 Å². The zero-order valence-electron chi connectivity index (χ0n) is 10.5. The number of para-hydroxylation sites is 2. The Morgan fingerprint density at radius 3 is 3.00 bits per heavy atom. The van der Waals surface area contributed by atoms with Gasteiger partial charge in [0.05, 0.1) is 6.10 Å². The van der Waals surface area contributed by atoms with E-state index in [0.717, 1.165) is 24.1 Å². The highest BCUT2D eigenvalue weighted by Gasteiger charge is 2.30. The van der Waals surface area contributed by atoms with Gasteiger partial charge < -0.3 is 14.9 Å². The minimum atomic E-state index is -0.0458. The molecular formula is C14H18N2O2. The summed E-state index contributed by atoms with van der Waals surface area (Å²) in [6, 6.07) is 7.72. The van der Waals surface area contributed by atoms with Gasteiger partial charge in [-0.3, -0.25) is 0 Å². The van der Waals surface area contributed by atoms with Crippen molar-refractivity contribution in [1.82, 2.24) is 4.98 Å². The topological polar surface area (TPSA) is 61.3 Å². The highest BCUT2D eigenvalue weighted by molar-refractivity contribution is 5.72. The summed E-state index contributed by atoms with van der Waals surface area (Å²) in [5.41, 5.74) is 7.91. The summed E-state index contributed by atoms with van der Waals surface area (Å²) in [7, 11) is 0. The molecule has 1 fully saturated rings. The van der Waals surface area contributed by atoms with Gasteiger partial charge in [0, 0.05) is 19.1 Å². The summed E-state index contributed by atoms with van der Waals surface area (Å²) >= 11 is 0. The molecular weight excluding hydrogens is 228 g/mol. The molecule has 3 unspecified atom stereocenters. The van der Waals surface area contributed by atoms with Crippen molar-refractivity contribution < 1.29 is 9.15 Å². The van der Waals surface area contributed by atoms with Gasteiger partial charge in [0.1, 0.15) is 5.52 Å². The van der Waals surface area contributed by atoms with Gasteiger partial charge in [-0.2, -0.15) is 0 Å². The highest BCUT2D eigenvalue weighted by Crippen LogP contribution is 2.24. The normalized spacial score (nSPS) is 25.7. The van der Waals surface area contributed by atoms with Crippen molar-refractivity contribution in [2.75, 3.05) is 6.61 Å². The van der Waals surface area contributed by atoms with Crippen LogP contribution in [0.3, 0.4) is 0 Å². The second-order valence-corrected chi connectivity index (χ2v) is 5.04. The molecule has 1 saturated heterocycles. The maximum absolute atomic E-state index is 6.20. The fraction of sp³-hybridized carbons (Fsp3) is 0.500. The molecule has 18 heavy (non-hydrogen) atoms. The zero-order chi connectivity index (χ0) is 12.5. The Morgan fingerprint density at radius 2 is 2.28 bits per heavy atom. The van der Waals surface area contributed by atoms with Gasteiger partial charge in [-0.05, 0) is 24.5 Å². The smallest absolute Gasteiger partial charge is 0.197 e. The molecule has 4 nitrogen and oxygen atoms in total. The van der Waals surface area contributed by atoms with Crippen LogP contribution in [0.5, 0.6) is 0 Å². The molecule has 1 aliphatic heterocycles. The summed E-state index contributed by atoms with van der Waals surface area (Å²) in [5, 5.41) is 0. The molecule has 4 heteroatoms. The first-order valence-electron chi connectivity index (χ1n) is 6.45. The van der Waals surface area contributed by atoms with Crippen LogP contribution in [-0.4, -0.2) is 23.7 Å². The van der Waals surface area contributed by atoms with Crippen molar-refractivity contribution in [2.45, 2.75) is 31.9 Å². The minimum absolute atomic E-state index is 0.0458. The summed E-state index contributed by atoms with van der Waals surface area (Å²) in [4.78, 5) is 4.45. The third-order valence-corrected chi connectivity index (χ3v) is 3.61. The lowest BCUT2D eigenvalue weighted by Gasteiger charge is -2.20. The van der Waals surface area contributed by atoms with E-state index in [-0.39, 0.29) is 12.1 Å². The number of aromatic nitrogens is 1. The number of nitrogens with two attached hydrogens (primary N) is 1. The van der Waals surface area contributed by atoms with Crippen molar-refractivity contribution in [3.63, 3.8) is 0 Å². The van der Waals surface area contributed by atoms with Crippen LogP contribution in [0.4, 0.5) is 0 Å². The summed E-state index contributed by atoms with van der Waals surface area (Å²) in [6.07, 6.45) is 1.84. The monoisotopic (exact) mass is 246 g/mol. The molecule has 0 spiro atoms. The predicted octanol–water partition coefficient (Wildman–Crippen LogP) is 2.12. The van der Waals surface area contributed by atoms with E-state index in [1.807, 2.05) is 24.3 Å². The maximum atomic E-state index is 6.20. The van der Waals surface area contributed by atoms with Gasteiger partial charge >= 0.3 is 0 Å². The quantitative estimate of drug-likeness (QED) is 0.901. The van der Waals surface area contributed by atoms with E-state index >= 15 is 0 Å². The predicted molar refractivity (Wildman–Crippen MR) is 69.2 cm³/mol. The SMILES string of the molecule is CC1CCOC1C(N)Cc1nc2ccccc2o1. The van der Waals surface area contributed by atoms with Gasteiger partial charge in [0.15, 0.2) is 11.5 Å². The lowest BCUT2D eigenvalue weighted by atomic mass is 9.96. The first-order valence-corrected chi connectivity index (χ1v) is 6.45. The number of nitrogens with zero attached hydrogens (tertiary/aromatic N) is 1. The summed E-state index contributed by atoms with van der Waals surface area (Å²) in [5.74, 6) is 1.22. The van der Waals surface area contributed by atoms with Crippen LogP contribution in [0.15, 0.2) is 28.7 Å². The molecule has 0 bridgehead atoms. The number of hydrogen-bond acceptors (Lipinski definition) is 4. The highest BCUT2D eigenvalue weighted by atomic mass is 16.5. The first-order chi connectivity index (χ1) is 8.74. The van der Waals surface area contributed by atoms with Crippen LogP contribution in [0, 0.1) is 5.92 Å². The average molecular weight is 246 g/mol. The number of benzene rings is 1. The third-order valence-electron chi connectivity index (χ3n) is 3.61. The van der Waals surface area contributed by atoms with Crippen LogP contribution in [0.2, 0.25) is 0 Å². The van der Waals surface area contributed by atoms with Crippen LogP contribution >= 0.6 is 0 Å². The lowest BCUT2D eigenvalue weighted by Crippen LogP contribution is -2.39. The van der Waals surface area contributed by atoms with Crippen molar-refractivity contribution in [3.05, 3.63) is 30.2 Å². The molecule has 1 aromatic heterocycles. The van der Waals surface area contributed by atoms with Gasteiger partial charge in [0.2, 0.25) is 0 Å². The fourth-order valence-electron chi connectivity index (χ4n) is 2.59. The number of hydrogen-bond donors (Lipinski definition) is 1. The van der Waals surface area contributed by atoms with Crippen LogP contribution in [0.25, 0.3) is 11.1 Å². The zero-order valence-corrected chi connectivity index (χ0v) is 10.5. The number of rotatable bonds is 3. The molecule has 2 heterocycles. The van der Waals surface area contributed by atoms with Gasteiger partial charge in [-0.15, -0.1) is 0 Å². The number of fused-ring (bicyclic) bond motifs is 1. The van der Waals surface area contributed by atoms with E-state index in [4.69, 9.17) is 14.9 Å². The Kier molecular flexibility index (Phi) is 3.06. The van der Waals surface area contributed by atoms with Gasteiger partial charge in [-0.25, -0.2) is 4.98 Å². The summed E-state index contributed by atoms with van der Waals surface area (Å²) in [6.45, 7) is 3.00. The van der Waals surface area contributed by atoms with Crippen molar-refractivity contribution in [3.8, 4) is 0 Å². The lowest BCUT2D eigenvalue weighted by molar-refractivity contribution is 0.0709. The molecule has 2 aromatic rings.